The third-order valence-electron chi connectivity index (χ3n) is 15.0. The van der Waals surface area contributed by atoms with E-state index in [0.29, 0.717) is 19.3 Å². The van der Waals surface area contributed by atoms with E-state index in [-0.39, 0.29) is 31.1 Å². The third kappa shape index (κ3) is 60.6. The van der Waals surface area contributed by atoms with Gasteiger partial charge in [-0.1, -0.05) is 321 Å². The van der Waals surface area contributed by atoms with Gasteiger partial charge in [-0.25, -0.2) is 0 Å². The van der Waals surface area contributed by atoms with Crippen molar-refractivity contribution >= 4 is 17.9 Å². The van der Waals surface area contributed by atoms with Gasteiger partial charge in [-0.2, -0.15) is 0 Å². The van der Waals surface area contributed by atoms with E-state index in [1.807, 2.05) is 0 Å². The molecule has 1 atom stereocenters. The van der Waals surface area contributed by atoms with Gasteiger partial charge in [0.05, 0.1) is 0 Å². The lowest BCUT2D eigenvalue weighted by atomic mass is 10.0. The van der Waals surface area contributed by atoms with Crippen molar-refractivity contribution in [3.8, 4) is 0 Å². The number of allylic oxidation sites excluding steroid dienone is 4. The van der Waals surface area contributed by atoms with Gasteiger partial charge in [0, 0.05) is 19.3 Å². The van der Waals surface area contributed by atoms with Gasteiger partial charge in [-0.15, -0.1) is 0 Å². The number of hydrogen-bond donors (Lipinski definition) is 0. The highest BCUT2D eigenvalue weighted by molar-refractivity contribution is 5.71. The zero-order valence-corrected chi connectivity index (χ0v) is 49.4. The topological polar surface area (TPSA) is 78.9 Å². The molecule has 0 fully saturated rings. The molecule has 0 rings (SSSR count). The molecule has 6 nitrogen and oxygen atoms in total. The lowest BCUT2D eigenvalue weighted by Crippen LogP contribution is -2.30. The van der Waals surface area contributed by atoms with E-state index in [0.717, 1.165) is 64.2 Å². The molecule has 0 bridgehead atoms. The summed E-state index contributed by atoms with van der Waals surface area (Å²) < 4.78 is 16.9. The van der Waals surface area contributed by atoms with Crippen LogP contribution in [0.15, 0.2) is 24.3 Å². The standard InChI is InChI=1S/C67H126O6/c1-4-7-10-13-16-19-22-25-27-29-31-33-35-36-38-40-42-45-48-51-54-57-60-66(69)72-63-64(62-71-65(68)59-56-53-50-47-44-24-21-18-15-12-9-6-3)73-67(70)61-58-55-52-49-46-43-41-39-37-34-32-30-28-26-23-20-17-14-11-8-5-2/h23,26,30,32,64H,4-22,24-25,27-29,31,33-63H2,1-3H3/b26-23-,32-30-. The molecule has 0 aromatic rings. The number of ether oxygens (including phenoxy) is 3. The van der Waals surface area contributed by atoms with Crippen molar-refractivity contribution in [2.45, 2.75) is 374 Å². The van der Waals surface area contributed by atoms with Gasteiger partial charge < -0.3 is 14.2 Å². The highest BCUT2D eigenvalue weighted by Gasteiger charge is 2.19. The molecule has 0 spiro atoms. The first-order valence-corrected chi connectivity index (χ1v) is 32.8. The Labute approximate surface area is 455 Å². The van der Waals surface area contributed by atoms with Crippen LogP contribution < -0.4 is 0 Å². The molecule has 0 amide bonds. The van der Waals surface area contributed by atoms with Gasteiger partial charge in [0.1, 0.15) is 13.2 Å². The summed E-state index contributed by atoms with van der Waals surface area (Å²) in [6.07, 6.45) is 74.7. The Bertz CT molecular complexity index is 1180. The number of carbonyl (C=O) groups is 3. The van der Waals surface area contributed by atoms with Crippen LogP contribution in [0.25, 0.3) is 0 Å². The van der Waals surface area contributed by atoms with Crippen molar-refractivity contribution in [3.05, 3.63) is 24.3 Å². The van der Waals surface area contributed by atoms with E-state index >= 15 is 0 Å². The van der Waals surface area contributed by atoms with E-state index in [2.05, 4.69) is 45.1 Å². The Morgan fingerprint density at radius 1 is 0.274 bits per heavy atom. The van der Waals surface area contributed by atoms with E-state index in [9.17, 15) is 14.4 Å². The first-order valence-electron chi connectivity index (χ1n) is 32.8. The average molecular weight is 1030 g/mol. The Kier molecular flexibility index (Phi) is 60.6. The Balaban J connectivity index is 4.25. The molecule has 0 saturated carbocycles. The zero-order valence-electron chi connectivity index (χ0n) is 49.4. The highest BCUT2D eigenvalue weighted by atomic mass is 16.6. The molecule has 430 valence electrons. The summed E-state index contributed by atoms with van der Waals surface area (Å²) in [5, 5.41) is 0. The minimum Gasteiger partial charge on any atom is -0.462 e. The normalized spacial score (nSPS) is 12.1. The molecular weight excluding hydrogens is 901 g/mol. The van der Waals surface area contributed by atoms with Gasteiger partial charge in [0.25, 0.3) is 0 Å². The zero-order chi connectivity index (χ0) is 52.9. The third-order valence-corrected chi connectivity index (χ3v) is 15.0. The molecule has 6 heteroatoms. The Morgan fingerprint density at radius 2 is 0.493 bits per heavy atom. The molecular formula is C67H126O6. The lowest BCUT2D eigenvalue weighted by Gasteiger charge is -2.18. The quantitative estimate of drug-likeness (QED) is 0.0261. The molecule has 0 heterocycles. The number of unbranched alkanes of at least 4 members (excludes halogenated alkanes) is 46. The number of carbonyl (C=O) groups excluding carboxylic acids is 3. The summed E-state index contributed by atoms with van der Waals surface area (Å²) in [6.45, 7) is 6.69. The van der Waals surface area contributed by atoms with Crippen LogP contribution in [0.2, 0.25) is 0 Å². The predicted molar refractivity (Wildman–Crippen MR) is 316 cm³/mol. The van der Waals surface area contributed by atoms with E-state index in [1.54, 1.807) is 0 Å². The second-order valence-electron chi connectivity index (χ2n) is 22.4. The molecule has 0 aliphatic carbocycles. The molecule has 73 heavy (non-hydrogen) atoms. The minimum absolute atomic E-state index is 0.0668. The maximum atomic E-state index is 12.9. The van der Waals surface area contributed by atoms with E-state index in [1.165, 1.54) is 263 Å². The smallest absolute Gasteiger partial charge is 0.306 e. The molecule has 0 radical (unpaired) electrons. The van der Waals surface area contributed by atoms with Crippen LogP contribution in [0.3, 0.4) is 0 Å². The van der Waals surface area contributed by atoms with Crippen molar-refractivity contribution < 1.29 is 28.6 Å². The fraction of sp³-hybridized carbons (Fsp3) is 0.896. The van der Waals surface area contributed by atoms with Crippen molar-refractivity contribution in [3.63, 3.8) is 0 Å². The van der Waals surface area contributed by atoms with Crippen LogP contribution >= 0.6 is 0 Å². The monoisotopic (exact) mass is 1030 g/mol. The summed E-state index contributed by atoms with van der Waals surface area (Å²) in [4.78, 5) is 38.3. The van der Waals surface area contributed by atoms with Crippen LogP contribution in [-0.4, -0.2) is 37.2 Å². The van der Waals surface area contributed by atoms with Crippen molar-refractivity contribution in [1.82, 2.24) is 0 Å². The van der Waals surface area contributed by atoms with Crippen molar-refractivity contribution in [2.24, 2.45) is 0 Å². The summed E-state index contributed by atoms with van der Waals surface area (Å²) in [7, 11) is 0. The van der Waals surface area contributed by atoms with Crippen LogP contribution in [-0.2, 0) is 28.6 Å². The lowest BCUT2D eigenvalue weighted by molar-refractivity contribution is -0.167. The van der Waals surface area contributed by atoms with Crippen molar-refractivity contribution in [2.75, 3.05) is 13.2 Å². The predicted octanol–water partition coefficient (Wildman–Crippen LogP) is 22.2. The summed E-state index contributed by atoms with van der Waals surface area (Å²) in [6, 6.07) is 0. The Hall–Kier alpha value is -2.11. The number of esters is 3. The van der Waals surface area contributed by atoms with E-state index < -0.39 is 6.10 Å². The second kappa shape index (κ2) is 62.4. The van der Waals surface area contributed by atoms with Gasteiger partial charge in [0.2, 0.25) is 0 Å². The largest absolute Gasteiger partial charge is 0.462 e. The first-order chi connectivity index (χ1) is 36.0. The maximum absolute atomic E-state index is 12.9. The van der Waals surface area contributed by atoms with Gasteiger partial charge >= 0.3 is 17.9 Å². The molecule has 1 unspecified atom stereocenters. The fourth-order valence-corrected chi connectivity index (χ4v) is 10.0. The average Bonchev–Trinajstić information content (AvgIpc) is 3.39. The summed E-state index contributed by atoms with van der Waals surface area (Å²) in [5.41, 5.74) is 0. The summed E-state index contributed by atoms with van der Waals surface area (Å²) in [5.74, 6) is -0.843. The Morgan fingerprint density at radius 3 is 0.753 bits per heavy atom. The molecule has 0 aromatic carbocycles. The van der Waals surface area contributed by atoms with Crippen LogP contribution in [0.5, 0.6) is 0 Å². The highest BCUT2D eigenvalue weighted by Crippen LogP contribution is 2.18. The van der Waals surface area contributed by atoms with Crippen molar-refractivity contribution in [1.29, 1.82) is 0 Å². The number of hydrogen-bond acceptors (Lipinski definition) is 6. The van der Waals surface area contributed by atoms with Crippen LogP contribution in [0, 0.1) is 0 Å². The maximum Gasteiger partial charge on any atom is 0.306 e. The molecule has 0 aliphatic heterocycles. The van der Waals surface area contributed by atoms with Gasteiger partial charge in [0.15, 0.2) is 6.10 Å². The van der Waals surface area contributed by atoms with E-state index in [4.69, 9.17) is 14.2 Å². The SMILES string of the molecule is CCCCCCC/C=C\C/C=C\CCCCCCCCCCCC(=O)OC(COC(=O)CCCCCCCCCCCCCC)COC(=O)CCCCCCCCCCCCCCCCCCCCCCCC. The second-order valence-corrected chi connectivity index (χ2v) is 22.4. The molecule has 0 saturated heterocycles. The van der Waals surface area contributed by atoms with Crippen LogP contribution in [0.1, 0.15) is 367 Å². The number of rotatable bonds is 61. The molecule has 0 aromatic heterocycles. The minimum atomic E-state index is -0.769. The first kappa shape index (κ1) is 70.9. The molecule has 0 N–H and O–H groups in total. The molecule has 0 aliphatic rings. The fourth-order valence-electron chi connectivity index (χ4n) is 10.0. The van der Waals surface area contributed by atoms with Gasteiger partial charge in [-0.05, 0) is 51.4 Å². The van der Waals surface area contributed by atoms with Gasteiger partial charge in [-0.3, -0.25) is 14.4 Å². The summed E-state index contributed by atoms with van der Waals surface area (Å²) >= 11 is 0. The van der Waals surface area contributed by atoms with Crippen LogP contribution in [0.4, 0.5) is 0 Å².